The van der Waals surface area contributed by atoms with Gasteiger partial charge in [-0.25, -0.2) is 9.97 Å². The summed E-state index contributed by atoms with van der Waals surface area (Å²) in [7, 11) is 6.81. The van der Waals surface area contributed by atoms with Gasteiger partial charge in [0, 0.05) is 57.2 Å². The maximum absolute atomic E-state index is 5.85. The molecule has 0 spiro atoms. The largest absolute Gasteiger partial charge is 0.497 e. The van der Waals surface area contributed by atoms with Crippen LogP contribution in [0.1, 0.15) is 33.9 Å². The van der Waals surface area contributed by atoms with Gasteiger partial charge in [-0.1, -0.05) is 72.8 Å². The Balaban J connectivity index is 1.36. The summed E-state index contributed by atoms with van der Waals surface area (Å²) in [4.78, 5) is 19.2. The molecule has 3 aliphatic rings. The first kappa shape index (κ1) is 38.8. The van der Waals surface area contributed by atoms with Crippen LogP contribution in [0.25, 0.3) is 89.9 Å². The van der Waals surface area contributed by atoms with Crippen LogP contribution in [0.2, 0.25) is 0 Å². The third-order valence-corrected chi connectivity index (χ3v) is 12.5. The normalized spacial score (nSPS) is 12.8. The molecule has 0 saturated carbocycles. The summed E-state index contributed by atoms with van der Waals surface area (Å²) < 4.78 is 23.2. The molecule has 0 radical (unpaired) electrons. The molecule has 0 atom stereocenters. The molecule has 3 aromatic heterocycles. The van der Waals surface area contributed by atoms with Crippen LogP contribution in [-0.2, 0) is 12.8 Å². The molecule has 11 rings (SSSR count). The van der Waals surface area contributed by atoms with Crippen LogP contribution < -0.4 is 18.9 Å². The van der Waals surface area contributed by atoms with Crippen molar-refractivity contribution in [1.82, 2.24) is 19.9 Å². The van der Waals surface area contributed by atoms with Crippen LogP contribution >= 0.6 is 0 Å². The van der Waals surface area contributed by atoms with Crippen molar-refractivity contribution in [2.75, 3.05) is 28.4 Å². The van der Waals surface area contributed by atoms with Crippen molar-refractivity contribution in [3.05, 3.63) is 179 Å². The maximum atomic E-state index is 5.85. The van der Waals surface area contributed by atoms with E-state index in [9.17, 15) is 0 Å². The molecule has 0 unspecified atom stereocenters. The number of aromatic nitrogens is 4. The second-order valence-corrected chi connectivity index (χ2v) is 16.1. The lowest BCUT2D eigenvalue weighted by Crippen LogP contribution is -2.05. The first-order valence-electron chi connectivity index (χ1n) is 21.4. The van der Waals surface area contributed by atoms with Gasteiger partial charge in [0.1, 0.15) is 23.0 Å². The standard InChI is InChI=1S/C56H44N4O4/c1-61-39-17-7-13-35(27-39)51-45-21-22-46(57-45)52(36-14-8-18-40(28-36)62-2)48-24-26-50(59-48)54(38-16-10-20-42(30-38)64-4)56-44-32-34-12-6-5-11-33(34)31-43(44)55(60-56)53(49-25-23-47(51)58-49)37-15-9-19-41(29-37)63-3/h5-30,58-59H,31-32H2,1-4H3. The predicted octanol–water partition coefficient (Wildman–Crippen LogP) is 12.9. The minimum absolute atomic E-state index is 0.727. The van der Waals surface area contributed by atoms with Gasteiger partial charge in [-0.2, -0.15) is 0 Å². The van der Waals surface area contributed by atoms with Crippen LogP contribution in [-0.4, -0.2) is 48.4 Å². The van der Waals surface area contributed by atoms with Crippen LogP contribution in [0, 0.1) is 0 Å². The molecule has 8 heteroatoms. The number of allylic oxidation sites excluding steroid dienone is 2. The number of hydrogen-bond donors (Lipinski definition) is 2. The molecule has 8 bridgehead atoms. The lowest BCUT2D eigenvalue weighted by Gasteiger charge is -2.20. The van der Waals surface area contributed by atoms with Gasteiger partial charge in [-0.05, 0) is 129 Å². The van der Waals surface area contributed by atoms with Gasteiger partial charge in [0.25, 0.3) is 0 Å². The summed E-state index contributed by atoms with van der Waals surface area (Å²) >= 11 is 0. The predicted molar refractivity (Wildman–Crippen MR) is 259 cm³/mol. The molecule has 5 heterocycles. The van der Waals surface area contributed by atoms with Crippen molar-refractivity contribution < 1.29 is 18.9 Å². The molecule has 64 heavy (non-hydrogen) atoms. The fourth-order valence-corrected chi connectivity index (χ4v) is 9.46. The molecule has 0 fully saturated rings. The monoisotopic (exact) mass is 836 g/mol. The number of rotatable bonds is 8. The number of aromatic amines is 2. The molecular formula is C56H44N4O4. The number of ether oxygens (including phenoxy) is 4. The van der Waals surface area contributed by atoms with Crippen LogP contribution in [0.3, 0.4) is 0 Å². The van der Waals surface area contributed by atoms with Crippen molar-refractivity contribution in [1.29, 1.82) is 0 Å². The Morgan fingerprint density at radius 3 is 1.08 bits per heavy atom. The highest BCUT2D eigenvalue weighted by molar-refractivity contribution is 6.07. The number of nitrogens with zero attached hydrogens (tertiary/aromatic N) is 2. The molecule has 8 nitrogen and oxygen atoms in total. The topological polar surface area (TPSA) is 94.3 Å². The molecule has 1 aliphatic carbocycles. The first-order chi connectivity index (χ1) is 31.5. The van der Waals surface area contributed by atoms with Crippen molar-refractivity contribution in [2.45, 2.75) is 12.8 Å². The van der Waals surface area contributed by atoms with Crippen molar-refractivity contribution in [3.63, 3.8) is 0 Å². The van der Waals surface area contributed by atoms with Crippen LogP contribution in [0.15, 0.2) is 146 Å². The zero-order valence-electron chi connectivity index (χ0n) is 36.0. The zero-order valence-corrected chi connectivity index (χ0v) is 36.0. The van der Waals surface area contributed by atoms with Gasteiger partial charge >= 0.3 is 0 Å². The van der Waals surface area contributed by atoms with E-state index >= 15 is 0 Å². The van der Waals surface area contributed by atoms with Crippen LogP contribution in [0.4, 0.5) is 0 Å². The highest BCUT2D eigenvalue weighted by atomic mass is 16.5. The van der Waals surface area contributed by atoms with E-state index in [0.29, 0.717) is 0 Å². The van der Waals surface area contributed by atoms with Crippen molar-refractivity contribution in [3.8, 4) is 67.5 Å². The maximum Gasteiger partial charge on any atom is 0.119 e. The number of methoxy groups -OCH3 is 4. The summed E-state index contributed by atoms with van der Waals surface area (Å²) in [5.74, 6) is 3.03. The van der Waals surface area contributed by atoms with Gasteiger partial charge < -0.3 is 28.9 Å². The fraction of sp³-hybridized carbons (Fsp3) is 0.107. The molecular weight excluding hydrogens is 793 g/mol. The molecule has 5 aromatic carbocycles. The summed E-state index contributed by atoms with van der Waals surface area (Å²) in [6, 6.07) is 50.3. The highest BCUT2D eigenvalue weighted by Crippen LogP contribution is 2.48. The Morgan fingerprint density at radius 1 is 0.375 bits per heavy atom. The van der Waals surface area contributed by atoms with E-state index in [1.807, 2.05) is 48.5 Å². The summed E-state index contributed by atoms with van der Waals surface area (Å²) in [6.45, 7) is 0. The Morgan fingerprint density at radius 2 is 0.719 bits per heavy atom. The van der Waals surface area contributed by atoms with Gasteiger partial charge in [0.05, 0.1) is 51.2 Å². The zero-order chi connectivity index (χ0) is 43.3. The van der Waals surface area contributed by atoms with Gasteiger partial charge in [-0.15, -0.1) is 0 Å². The van der Waals surface area contributed by atoms with Gasteiger partial charge in [0.2, 0.25) is 0 Å². The number of nitrogens with one attached hydrogen (secondary N) is 2. The molecule has 0 amide bonds. The fourth-order valence-electron chi connectivity index (χ4n) is 9.46. The molecule has 312 valence electrons. The Kier molecular flexibility index (Phi) is 9.69. The van der Waals surface area contributed by atoms with E-state index in [0.717, 1.165) is 125 Å². The number of benzene rings is 5. The van der Waals surface area contributed by atoms with Gasteiger partial charge in [-0.3, -0.25) is 0 Å². The third-order valence-electron chi connectivity index (χ3n) is 12.5. The average Bonchev–Trinajstić information content (AvgIpc) is 4.19. The average molecular weight is 837 g/mol. The Labute approximate surface area is 371 Å². The Hall–Kier alpha value is -8.10. The first-order valence-corrected chi connectivity index (χ1v) is 21.4. The quantitative estimate of drug-likeness (QED) is 0.158. The summed E-state index contributed by atoms with van der Waals surface area (Å²) in [5.41, 5.74) is 19.8. The molecule has 8 aromatic rings. The second kappa shape index (κ2) is 16.0. The minimum atomic E-state index is 0.727. The van der Waals surface area contributed by atoms with E-state index in [4.69, 9.17) is 28.9 Å². The van der Waals surface area contributed by atoms with Crippen LogP contribution in [0.5, 0.6) is 23.0 Å². The van der Waals surface area contributed by atoms with E-state index in [2.05, 4.69) is 119 Å². The lowest BCUT2D eigenvalue weighted by molar-refractivity contribution is 0.415. The van der Waals surface area contributed by atoms with Crippen molar-refractivity contribution in [2.24, 2.45) is 0 Å². The van der Waals surface area contributed by atoms with Gasteiger partial charge in [0.15, 0.2) is 0 Å². The molecule has 0 saturated heterocycles. The van der Waals surface area contributed by atoms with E-state index in [1.54, 1.807) is 28.4 Å². The number of H-pyrrole nitrogens is 2. The molecule has 2 N–H and O–H groups in total. The summed E-state index contributed by atoms with van der Waals surface area (Å²) in [6.07, 6.45) is 5.66. The summed E-state index contributed by atoms with van der Waals surface area (Å²) in [5, 5.41) is 0. The van der Waals surface area contributed by atoms with Crippen molar-refractivity contribution >= 4 is 45.4 Å². The molecule has 2 aliphatic heterocycles. The smallest absolute Gasteiger partial charge is 0.119 e. The van der Waals surface area contributed by atoms with E-state index < -0.39 is 0 Å². The number of fused-ring (bicyclic) bond motifs is 11. The van der Waals surface area contributed by atoms with E-state index in [1.165, 1.54) is 22.3 Å². The van der Waals surface area contributed by atoms with E-state index in [-0.39, 0.29) is 0 Å². The SMILES string of the molecule is COc1cccc(-c2c3nc(c(-c4cccc(OC)c4)c4ccc([nH]4)c(-c4cccc(OC)c4)c4nc(c(-c5cccc(OC)c5)c5ccc2[nH]5)C2=C4Cc4ccccc4C2)C=C3)c1. The number of hydrogen-bond acceptors (Lipinski definition) is 6. The third kappa shape index (κ3) is 6.71. The highest BCUT2D eigenvalue weighted by Gasteiger charge is 2.31. The minimum Gasteiger partial charge on any atom is -0.497 e. The second-order valence-electron chi connectivity index (χ2n) is 16.1. The Bertz CT molecular complexity index is 3190. The lowest BCUT2D eigenvalue weighted by atomic mass is 9.82.